The van der Waals surface area contributed by atoms with Gasteiger partial charge in [-0.3, -0.25) is 4.40 Å². The Kier molecular flexibility index (Phi) is 6.95. The molecule has 5 aromatic heterocycles. The number of pyridine rings is 1. The molecule has 8 aromatic carbocycles. The lowest BCUT2D eigenvalue weighted by Crippen LogP contribution is -1.96. The van der Waals surface area contributed by atoms with Crippen LogP contribution >= 0.6 is 0 Å². The van der Waals surface area contributed by atoms with Crippen molar-refractivity contribution in [2.75, 3.05) is 0 Å². The Labute approximate surface area is 344 Å². The number of fused-ring (bicyclic) bond motifs is 10. The molecule has 5 heterocycles. The average molecular weight is 766 g/mol. The first-order valence-electron chi connectivity index (χ1n) is 20.5. The van der Waals surface area contributed by atoms with Crippen LogP contribution in [-0.4, -0.2) is 23.1 Å². The number of rotatable bonds is 5. The minimum absolute atomic E-state index is 0.927. The van der Waals surface area contributed by atoms with E-state index in [9.17, 15) is 0 Å². The number of benzene rings is 8. The molecule has 0 atom stereocenters. The van der Waals surface area contributed by atoms with Crippen molar-refractivity contribution in [1.29, 1.82) is 0 Å². The Morgan fingerprint density at radius 2 is 0.717 bits per heavy atom. The second-order valence-corrected chi connectivity index (χ2v) is 15.6. The fourth-order valence-corrected chi connectivity index (χ4v) is 9.79. The van der Waals surface area contributed by atoms with E-state index < -0.39 is 0 Å². The summed E-state index contributed by atoms with van der Waals surface area (Å²) in [6.45, 7) is 0. The van der Waals surface area contributed by atoms with Gasteiger partial charge in [-0.05, 0) is 84.9 Å². The van der Waals surface area contributed by atoms with Gasteiger partial charge in [0.15, 0.2) is 0 Å². The second kappa shape index (κ2) is 12.7. The van der Waals surface area contributed by atoms with Gasteiger partial charge in [0, 0.05) is 66.7 Å². The lowest BCUT2D eigenvalue weighted by Gasteiger charge is -2.12. The van der Waals surface area contributed by atoms with E-state index in [1.807, 2.05) is 6.07 Å². The largest absolute Gasteiger partial charge is 0.309 e. The van der Waals surface area contributed by atoms with Crippen LogP contribution < -0.4 is 0 Å². The zero-order chi connectivity index (χ0) is 39.3. The van der Waals surface area contributed by atoms with Crippen LogP contribution in [0.1, 0.15) is 0 Å². The standard InChI is InChI=1S/C55H35N5/c1-2-14-37(15-3-1)55-54(56-53-24-12-13-33-57(53)55)36-25-27-38(28-26-36)58-51-31-29-39(59-47-20-8-4-16-41(47)42-17-5-9-21-48(42)59)34-45(51)46-35-40(30-32-52(46)58)60-49-22-10-6-18-43(49)44-19-7-11-23-50(44)60/h1-35H. The van der Waals surface area contributed by atoms with E-state index in [1.54, 1.807) is 0 Å². The molecule has 0 saturated heterocycles. The summed E-state index contributed by atoms with van der Waals surface area (Å²) in [4.78, 5) is 5.16. The van der Waals surface area contributed by atoms with Gasteiger partial charge in [-0.25, -0.2) is 4.98 Å². The highest BCUT2D eigenvalue weighted by atomic mass is 15.0. The summed E-state index contributed by atoms with van der Waals surface area (Å²) >= 11 is 0. The lowest BCUT2D eigenvalue weighted by atomic mass is 10.0. The molecular weight excluding hydrogens is 731 g/mol. The van der Waals surface area contributed by atoms with Gasteiger partial charge in [0.25, 0.3) is 0 Å². The van der Waals surface area contributed by atoms with Crippen LogP contribution in [0.2, 0.25) is 0 Å². The quantitative estimate of drug-likeness (QED) is 0.172. The van der Waals surface area contributed by atoms with Gasteiger partial charge in [0.2, 0.25) is 0 Å². The average Bonchev–Trinajstić information content (AvgIpc) is 4.06. The molecular formula is C55H35N5. The van der Waals surface area contributed by atoms with Crippen LogP contribution in [0.4, 0.5) is 0 Å². The first kappa shape index (κ1) is 32.9. The van der Waals surface area contributed by atoms with Crippen molar-refractivity contribution >= 4 is 71.1 Å². The van der Waals surface area contributed by atoms with E-state index >= 15 is 0 Å². The van der Waals surface area contributed by atoms with Gasteiger partial charge in [-0.2, -0.15) is 0 Å². The molecule has 13 rings (SSSR count). The fraction of sp³-hybridized carbons (Fsp3) is 0. The number of hydrogen-bond acceptors (Lipinski definition) is 1. The topological polar surface area (TPSA) is 32.1 Å². The van der Waals surface area contributed by atoms with Crippen LogP contribution in [0, 0.1) is 0 Å². The Hall–Kier alpha value is -8.15. The number of aromatic nitrogens is 5. The molecule has 0 unspecified atom stereocenters. The van der Waals surface area contributed by atoms with Crippen molar-refractivity contribution in [3.05, 3.63) is 212 Å². The summed E-state index contributed by atoms with van der Waals surface area (Å²) < 4.78 is 9.44. The van der Waals surface area contributed by atoms with Crippen molar-refractivity contribution in [3.8, 4) is 39.6 Å². The van der Waals surface area contributed by atoms with E-state index in [0.29, 0.717) is 0 Å². The zero-order valence-electron chi connectivity index (χ0n) is 32.4. The molecule has 5 nitrogen and oxygen atoms in total. The maximum absolute atomic E-state index is 5.16. The highest BCUT2D eigenvalue weighted by Crippen LogP contribution is 2.40. The minimum atomic E-state index is 0.927. The van der Waals surface area contributed by atoms with Crippen LogP contribution in [0.5, 0.6) is 0 Å². The highest BCUT2D eigenvalue weighted by Gasteiger charge is 2.20. The molecule has 60 heavy (non-hydrogen) atoms. The smallest absolute Gasteiger partial charge is 0.137 e. The van der Waals surface area contributed by atoms with Crippen LogP contribution in [0.25, 0.3) is 111 Å². The third-order valence-electron chi connectivity index (χ3n) is 12.4. The highest BCUT2D eigenvalue weighted by molar-refractivity contribution is 6.14. The van der Waals surface area contributed by atoms with Gasteiger partial charge in [-0.15, -0.1) is 0 Å². The maximum Gasteiger partial charge on any atom is 0.137 e. The molecule has 0 amide bonds. The van der Waals surface area contributed by atoms with E-state index in [4.69, 9.17) is 4.98 Å². The molecule has 0 radical (unpaired) electrons. The molecule has 0 saturated carbocycles. The minimum Gasteiger partial charge on any atom is -0.309 e. The lowest BCUT2D eigenvalue weighted by molar-refractivity contribution is 1.16. The Morgan fingerprint density at radius 1 is 0.300 bits per heavy atom. The molecule has 0 bridgehead atoms. The van der Waals surface area contributed by atoms with Gasteiger partial charge < -0.3 is 13.7 Å². The molecule has 13 aromatic rings. The van der Waals surface area contributed by atoms with Crippen molar-refractivity contribution < 1.29 is 0 Å². The first-order valence-corrected chi connectivity index (χ1v) is 20.5. The molecule has 0 fully saturated rings. The Morgan fingerprint density at radius 3 is 1.23 bits per heavy atom. The SMILES string of the molecule is c1ccc(-c2c(-c3ccc(-n4c5ccc(-n6c7ccccc7c7ccccc76)cc5c5cc(-n6c7ccccc7c7ccccc76)ccc54)cc3)nc3ccccn23)cc1. The molecule has 5 heteroatoms. The van der Waals surface area contributed by atoms with E-state index in [2.05, 4.69) is 224 Å². The van der Waals surface area contributed by atoms with Crippen LogP contribution in [0.3, 0.4) is 0 Å². The predicted molar refractivity (Wildman–Crippen MR) is 249 cm³/mol. The summed E-state index contributed by atoms with van der Waals surface area (Å²) in [5, 5.41) is 7.41. The fourth-order valence-electron chi connectivity index (χ4n) is 9.79. The Bertz CT molecular complexity index is 3540. The molecule has 0 aliphatic carbocycles. The van der Waals surface area contributed by atoms with Gasteiger partial charge in [-0.1, -0.05) is 121 Å². The number of hydrogen-bond donors (Lipinski definition) is 0. The zero-order valence-corrected chi connectivity index (χ0v) is 32.4. The Balaban J connectivity index is 1.05. The van der Waals surface area contributed by atoms with Crippen molar-refractivity contribution in [2.24, 2.45) is 0 Å². The van der Waals surface area contributed by atoms with Gasteiger partial charge in [0.05, 0.1) is 44.5 Å². The summed E-state index contributed by atoms with van der Waals surface area (Å²) in [5.74, 6) is 0. The van der Waals surface area contributed by atoms with Crippen LogP contribution in [0.15, 0.2) is 212 Å². The molecule has 0 spiro atoms. The van der Waals surface area contributed by atoms with Crippen molar-refractivity contribution in [1.82, 2.24) is 23.1 Å². The first-order chi connectivity index (χ1) is 29.8. The number of imidazole rings is 1. The maximum atomic E-state index is 5.16. The van der Waals surface area contributed by atoms with Gasteiger partial charge >= 0.3 is 0 Å². The van der Waals surface area contributed by atoms with Crippen molar-refractivity contribution in [2.45, 2.75) is 0 Å². The van der Waals surface area contributed by atoms with E-state index in [-0.39, 0.29) is 0 Å². The normalized spacial score (nSPS) is 12.0. The van der Waals surface area contributed by atoms with Crippen molar-refractivity contribution in [3.63, 3.8) is 0 Å². The summed E-state index contributed by atoms with van der Waals surface area (Å²) in [5.41, 5.74) is 15.7. The van der Waals surface area contributed by atoms with Crippen LogP contribution in [-0.2, 0) is 0 Å². The molecule has 0 N–H and O–H groups in total. The van der Waals surface area contributed by atoms with E-state index in [1.165, 1.54) is 54.4 Å². The third-order valence-corrected chi connectivity index (χ3v) is 12.4. The summed E-state index contributed by atoms with van der Waals surface area (Å²) in [7, 11) is 0. The second-order valence-electron chi connectivity index (χ2n) is 15.6. The molecule has 0 aliphatic heterocycles. The van der Waals surface area contributed by atoms with E-state index in [0.717, 1.165) is 56.3 Å². The summed E-state index contributed by atoms with van der Waals surface area (Å²) in [6.07, 6.45) is 2.10. The molecule has 0 aliphatic rings. The van der Waals surface area contributed by atoms with Gasteiger partial charge in [0.1, 0.15) is 5.65 Å². The molecule has 280 valence electrons. The third kappa shape index (κ3) is 4.71. The number of para-hydroxylation sites is 4. The number of nitrogens with zero attached hydrogens (tertiary/aromatic N) is 5. The summed E-state index contributed by atoms with van der Waals surface area (Å²) in [6, 6.07) is 74.6. The monoisotopic (exact) mass is 765 g/mol. The predicted octanol–water partition coefficient (Wildman–Crippen LogP) is 14.0.